The van der Waals surface area contributed by atoms with Crippen molar-refractivity contribution in [2.24, 2.45) is 11.6 Å². The number of nitrogens with two attached hydrogens (primary N) is 2. The predicted octanol–water partition coefficient (Wildman–Crippen LogP) is 0.678. The summed E-state index contributed by atoms with van der Waals surface area (Å²) in [6.45, 7) is 0. The van der Waals surface area contributed by atoms with E-state index in [1.165, 1.54) is 0 Å². The van der Waals surface area contributed by atoms with Crippen molar-refractivity contribution in [2.75, 3.05) is 5.01 Å². The van der Waals surface area contributed by atoms with Crippen LogP contribution in [0.25, 0.3) is 6.08 Å². The van der Waals surface area contributed by atoms with Crippen LogP contribution in [0.2, 0.25) is 0 Å². The van der Waals surface area contributed by atoms with Crippen LogP contribution >= 0.6 is 0 Å². The Labute approximate surface area is 71.2 Å². The Balaban J connectivity index is 2.52. The summed E-state index contributed by atoms with van der Waals surface area (Å²) < 4.78 is 0. The monoisotopic (exact) mass is 161 g/mol. The molecule has 1 aliphatic rings. The van der Waals surface area contributed by atoms with Crippen LogP contribution in [-0.4, -0.2) is 6.17 Å². The quantitative estimate of drug-likeness (QED) is 0.550. The molecule has 62 valence electrons. The molecule has 1 aliphatic heterocycles. The molecule has 4 N–H and O–H groups in total. The van der Waals surface area contributed by atoms with Crippen LogP contribution < -0.4 is 16.6 Å². The number of benzene rings is 1. The third-order valence-corrected chi connectivity index (χ3v) is 2.01. The van der Waals surface area contributed by atoms with Crippen molar-refractivity contribution in [1.82, 2.24) is 0 Å². The van der Waals surface area contributed by atoms with E-state index in [1.54, 1.807) is 5.01 Å². The van der Waals surface area contributed by atoms with Gasteiger partial charge in [-0.3, -0.25) is 5.01 Å². The number of hydrogen-bond acceptors (Lipinski definition) is 3. The van der Waals surface area contributed by atoms with Crippen LogP contribution in [0, 0.1) is 0 Å². The summed E-state index contributed by atoms with van der Waals surface area (Å²) in [5, 5.41) is 1.56. The van der Waals surface area contributed by atoms with Gasteiger partial charge in [-0.2, -0.15) is 0 Å². The summed E-state index contributed by atoms with van der Waals surface area (Å²) in [7, 11) is 0. The third kappa shape index (κ3) is 0.995. The summed E-state index contributed by atoms with van der Waals surface area (Å²) >= 11 is 0. The number of para-hydroxylation sites is 1. The minimum atomic E-state index is -0.208. The van der Waals surface area contributed by atoms with Gasteiger partial charge in [0.1, 0.15) is 6.17 Å². The Bertz CT molecular complexity index is 319. The molecule has 0 aromatic heterocycles. The van der Waals surface area contributed by atoms with Gasteiger partial charge >= 0.3 is 0 Å². The van der Waals surface area contributed by atoms with Gasteiger partial charge < -0.3 is 5.73 Å². The van der Waals surface area contributed by atoms with Crippen LogP contribution in [-0.2, 0) is 0 Å². The second-order valence-corrected chi connectivity index (χ2v) is 2.82. The van der Waals surface area contributed by atoms with E-state index >= 15 is 0 Å². The molecular weight excluding hydrogens is 150 g/mol. The Kier molecular flexibility index (Phi) is 1.60. The van der Waals surface area contributed by atoms with Gasteiger partial charge in [-0.05, 0) is 17.7 Å². The van der Waals surface area contributed by atoms with Crippen molar-refractivity contribution in [3.8, 4) is 0 Å². The number of rotatable bonds is 0. The summed E-state index contributed by atoms with van der Waals surface area (Å²) in [5.41, 5.74) is 7.80. The lowest BCUT2D eigenvalue weighted by Gasteiger charge is -2.28. The molecular formula is C9H11N3. The van der Waals surface area contributed by atoms with Crippen molar-refractivity contribution < 1.29 is 0 Å². The molecule has 0 saturated carbocycles. The Morgan fingerprint density at radius 1 is 1.25 bits per heavy atom. The zero-order valence-electron chi connectivity index (χ0n) is 6.64. The van der Waals surface area contributed by atoms with Gasteiger partial charge in [0, 0.05) is 0 Å². The highest BCUT2D eigenvalue weighted by Crippen LogP contribution is 2.23. The largest absolute Gasteiger partial charge is 0.307 e. The van der Waals surface area contributed by atoms with Crippen LogP contribution in [0.15, 0.2) is 30.3 Å². The van der Waals surface area contributed by atoms with Gasteiger partial charge in [0.15, 0.2) is 0 Å². The van der Waals surface area contributed by atoms with Crippen molar-refractivity contribution in [1.29, 1.82) is 0 Å². The van der Waals surface area contributed by atoms with Gasteiger partial charge in [-0.1, -0.05) is 24.3 Å². The molecule has 0 radical (unpaired) electrons. The summed E-state index contributed by atoms with van der Waals surface area (Å²) in [6, 6.07) is 7.90. The van der Waals surface area contributed by atoms with Crippen LogP contribution in [0.1, 0.15) is 5.56 Å². The highest BCUT2D eigenvalue weighted by atomic mass is 15.5. The highest BCUT2D eigenvalue weighted by Gasteiger charge is 2.14. The smallest absolute Gasteiger partial charge is 0.111 e. The Hall–Kier alpha value is -1.32. The predicted molar refractivity (Wildman–Crippen MR) is 50.1 cm³/mol. The highest BCUT2D eigenvalue weighted by molar-refractivity contribution is 5.71. The average Bonchev–Trinajstić information content (AvgIpc) is 2.12. The molecule has 0 saturated heterocycles. The zero-order chi connectivity index (χ0) is 8.55. The number of anilines is 1. The molecule has 3 heteroatoms. The Morgan fingerprint density at radius 2 is 2.00 bits per heavy atom. The Morgan fingerprint density at radius 3 is 2.83 bits per heavy atom. The first-order chi connectivity index (χ1) is 5.79. The van der Waals surface area contributed by atoms with E-state index in [-0.39, 0.29) is 6.17 Å². The van der Waals surface area contributed by atoms with E-state index in [0.717, 1.165) is 11.3 Å². The van der Waals surface area contributed by atoms with Crippen LogP contribution in [0.4, 0.5) is 5.69 Å². The molecule has 0 spiro atoms. The molecule has 0 bridgehead atoms. The summed E-state index contributed by atoms with van der Waals surface area (Å²) in [6.07, 6.45) is 3.66. The van der Waals surface area contributed by atoms with Gasteiger partial charge in [-0.15, -0.1) is 0 Å². The van der Waals surface area contributed by atoms with E-state index in [0.29, 0.717) is 0 Å². The average molecular weight is 161 g/mol. The number of nitrogens with zero attached hydrogens (tertiary/aromatic N) is 1. The van der Waals surface area contributed by atoms with Gasteiger partial charge in [0.05, 0.1) is 5.69 Å². The molecule has 12 heavy (non-hydrogen) atoms. The number of hydrogen-bond donors (Lipinski definition) is 2. The lowest BCUT2D eigenvalue weighted by molar-refractivity contribution is 0.736. The minimum Gasteiger partial charge on any atom is -0.307 e. The standard InChI is InChI=1S/C9H11N3/c10-9-6-5-7-3-1-2-4-8(7)12(9)11/h1-6,9H,10-11H2. The van der Waals surface area contributed by atoms with E-state index < -0.39 is 0 Å². The maximum Gasteiger partial charge on any atom is 0.111 e. The summed E-state index contributed by atoms with van der Waals surface area (Å²) in [5.74, 6) is 5.75. The molecule has 1 aromatic carbocycles. The SMILES string of the molecule is NC1C=Cc2ccccc2N1N. The lowest BCUT2D eigenvalue weighted by Crippen LogP contribution is -2.47. The molecule has 1 atom stereocenters. The summed E-state index contributed by atoms with van der Waals surface area (Å²) in [4.78, 5) is 0. The fourth-order valence-corrected chi connectivity index (χ4v) is 1.32. The normalized spacial score (nSPS) is 20.8. The first-order valence-corrected chi connectivity index (χ1v) is 3.86. The van der Waals surface area contributed by atoms with Crippen LogP contribution in [0.5, 0.6) is 0 Å². The molecule has 0 aliphatic carbocycles. The van der Waals surface area contributed by atoms with Crippen molar-refractivity contribution in [3.63, 3.8) is 0 Å². The molecule has 3 nitrogen and oxygen atoms in total. The lowest BCUT2D eigenvalue weighted by atomic mass is 10.1. The van der Waals surface area contributed by atoms with Crippen molar-refractivity contribution in [2.45, 2.75) is 6.17 Å². The zero-order valence-corrected chi connectivity index (χ0v) is 6.64. The van der Waals surface area contributed by atoms with E-state index in [4.69, 9.17) is 11.6 Å². The van der Waals surface area contributed by atoms with E-state index in [2.05, 4.69) is 0 Å². The van der Waals surface area contributed by atoms with Gasteiger partial charge in [0.2, 0.25) is 0 Å². The van der Waals surface area contributed by atoms with E-state index in [9.17, 15) is 0 Å². The molecule has 0 fully saturated rings. The van der Waals surface area contributed by atoms with Crippen molar-refractivity contribution in [3.05, 3.63) is 35.9 Å². The van der Waals surface area contributed by atoms with Gasteiger partial charge in [0.25, 0.3) is 0 Å². The first-order valence-electron chi connectivity index (χ1n) is 3.86. The molecule has 0 amide bonds. The van der Waals surface area contributed by atoms with Gasteiger partial charge in [-0.25, -0.2) is 5.84 Å². The molecule has 1 aromatic rings. The molecule has 2 rings (SSSR count). The minimum absolute atomic E-state index is 0.208. The fraction of sp³-hybridized carbons (Fsp3) is 0.111. The molecule has 1 heterocycles. The second-order valence-electron chi connectivity index (χ2n) is 2.82. The fourth-order valence-electron chi connectivity index (χ4n) is 1.32. The van der Waals surface area contributed by atoms with E-state index in [1.807, 2.05) is 36.4 Å². The molecule has 1 unspecified atom stereocenters. The first kappa shape index (κ1) is 7.34. The maximum atomic E-state index is 5.75. The van der Waals surface area contributed by atoms with Crippen LogP contribution in [0.3, 0.4) is 0 Å². The number of hydrazine groups is 1. The van der Waals surface area contributed by atoms with Crippen molar-refractivity contribution >= 4 is 11.8 Å². The third-order valence-electron chi connectivity index (χ3n) is 2.01. The number of fused-ring (bicyclic) bond motifs is 1. The second kappa shape index (κ2) is 2.62. The topological polar surface area (TPSA) is 55.3 Å². The maximum absolute atomic E-state index is 5.75.